The van der Waals surface area contributed by atoms with E-state index in [0.29, 0.717) is 17.9 Å². The zero-order valence-corrected chi connectivity index (χ0v) is 16.9. The molecule has 1 N–H and O–H groups in total. The first-order valence-corrected chi connectivity index (χ1v) is 9.98. The standard InChI is InChI=1S/C22H22N6O2/c1-14-20(25-26-28(14)15-7-5-8-16(13-15)30-2)22(29)27-12-6-11-19(27)21-23-17-9-3-4-10-18(17)24-21/h3-5,7-10,13,19H,6,11-12H2,1-2H3,(H,23,24). The summed E-state index contributed by atoms with van der Waals surface area (Å²) in [5, 5.41) is 8.44. The molecule has 1 saturated heterocycles. The van der Waals surface area contributed by atoms with Crippen molar-refractivity contribution in [3.8, 4) is 11.4 Å². The average molecular weight is 402 g/mol. The average Bonchev–Trinajstić information content (AvgIpc) is 3.50. The number of ether oxygens (including phenoxy) is 1. The summed E-state index contributed by atoms with van der Waals surface area (Å²) >= 11 is 0. The number of benzene rings is 2. The number of imidazole rings is 1. The van der Waals surface area contributed by atoms with E-state index in [1.54, 1.807) is 11.8 Å². The zero-order valence-electron chi connectivity index (χ0n) is 16.9. The number of hydrogen-bond acceptors (Lipinski definition) is 5. The highest BCUT2D eigenvalue weighted by molar-refractivity contribution is 5.94. The summed E-state index contributed by atoms with van der Waals surface area (Å²) in [7, 11) is 1.62. The third-order valence-corrected chi connectivity index (χ3v) is 5.63. The minimum absolute atomic E-state index is 0.0914. The number of H-pyrrole nitrogens is 1. The number of hydrogen-bond donors (Lipinski definition) is 1. The number of likely N-dealkylation sites (tertiary alicyclic amines) is 1. The molecule has 1 aliphatic rings. The predicted molar refractivity (Wildman–Crippen MR) is 112 cm³/mol. The van der Waals surface area contributed by atoms with Gasteiger partial charge in [0.15, 0.2) is 5.69 Å². The molecule has 0 bridgehead atoms. The fourth-order valence-corrected chi connectivity index (χ4v) is 4.07. The van der Waals surface area contributed by atoms with Gasteiger partial charge in [0.2, 0.25) is 0 Å². The summed E-state index contributed by atoms with van der Waals surface area (Å²) in [5.41, 5.74) is 3.75. The Morgan fingerprint density at radius 2 is 2.07 bits per heavy atom. The summed E-state index contributed by atoms with van der Waals surface area (Å²) in [5.74, 6) is 1.42. The van der Waals surface area contributed by atoms with Crippen LogP contribution in [0.15, 0.2) is 48.5 Å². The molecule has 1 aliphatic heterocycles. The molecule has 1 fully saturated rings. The first-order chi connectivity index (χ1) is 14.7. The molecule has 0 spiro atoms. The van der Waals surface area contributed by atoms with Crippen molar-refractivity contribution in [3.05, 3.63) is 65.7 Å². The Balaban J connectivity index is 1.46. The van der Waals surface area contributed by atoms with Gasteiger partial charge in [0.25, 0.3) is 5.91 Å². The van der Waals surface area contributed by atoms with Crippen molar-refractivity contribution in [3.63, 3.8) is 0 Å². The van der Waals surface area contributed by atoms with Crippen LogP contribution in [-0.2, 0) is 0 Å². The Morgan fingerprint density at radius 1 is 1.20 bits per heavy atom. The van der Waals surface area contributed by atoms with Crippen molar-refractivity contribution >= 4 is 16.9 Å². The van der Waals surface area contributed by atoms with Gasteiger partial charge < -0.3 is 14.6 Å². The van der Waals surface area contributed by atoms with Crippen LogP contribution < -0.4 is 4.74 Å². The number of aromatic nitrogens is 5. The summed E-state index contributed by atoms with van der Waals surface area (Å²) in [6.45, 7) is 2.53. The Morgan fingerprint density at radius 3 is 2.90 bits per heavy atom. The van der Waals surface area contributed by atoms with Crippen molar-refractivity contribution < 1.29 is 9.53 Å². The maximum atomic E-state index is 13.4. The highest BCUT2D eigenvalue weighted by atomic mass is 16.5. The van der Waals surface area contributed by atoms with E-state index in [1.807, 2.05) is 60.4 Å². The second kappa shape index (κ2) is 7.29. The van der Waals surface area contributed by atoms with E-state index in [0.717, 1.165) is 41.1 Å². The molecule has 5 rings (SSSR count). The maximum Gasteiger partial charge on any atom is 0.276 e. The smallest absolute Gasteiger partial charge is 0.276 e. The first-order valence-electron chi connectivity index (χ1n) is 9.98. The summed E-state index contributed by atoms with van der Waals surface area (Å²) < 4.78 is 6.96. The molecular weight excluding hydrogens is 380 g/mol. The van der Waals surface area contributed by atoms with Gasteiger partial charge in [-0.1, -0.05) is 23.4 Å². The third kappa shape index (κ3) is 3.01. The molecule has 4 aromatic rings. The van der Waals surface area contributed by atoms with Crippen LogP contribution >= 0.6 is 0 Å². The van der Waals surface area contributed by atoms with Crippen molar-refractivity contribution in [2.24, 2.45) is 0 Å². The van der Waals surface area contributed by atoms with Gasteiger partial charge in [-0.3, -0.25) is 4.79 Å². The lowest BCUT2D eigenvalue weighted by Crippen LogP contribution is -2.32. The molecule has 2 aromatic heterocycles. The number of para-hydroxylation sites is 2. The third-order valence-electron chi connectivity index (χ3n) is 5.63. The highest BCUT2D eigenvalue weighted by Gasteiger charge is 2.35. The Hall–Kier alpha value is -3.68. The van der Waals surface area contributed by atoms with E-state index in [4.69, 9.17) is 9.72 Å². The monoisotopic (exact) mass is 402 g/mol. The van der Waals surface area contributed by atoms with E-state index in [-0.39, 0.29) is 11.9 Å². The number of carbonyl (C=O) groups excluding carboxylic acids is 1. The van der Waals surface area contributed by atoms with E-state index in [9.17, 15) is 4.79 Å². The number of nitrogens with zero attached hydrogens (tertiary/aromatic N) is 5. The number of fused-ring (bicyclic) bond motifs is 1. The number of rotatable bonds is 4. The largest absolute Gasteiger partial charge is 0.497 e. The lowest BCUT2D eigenvalue weighted by atomic mass is 10.2. The van der Waals surface area contributed by atoms with Gasteiger partial charge in [-0.05, 0) is 44.0 Å². The van der Waals surface area contributed by atoms with Crippen molar-refractivity contribution in [1.29, 1.82) is 0 Å². The molecule has 0 radical (unpaired) electrons. The second-order valence-corrected chi connectivity index (χ2v) is 7.43. The van der Waals surface area contributed by atoms with E-state index >= 15 is 0 Å². The minimum atomic E-state index is -0.121. The normalized spacial score (nSPS) is 16.3. The van der Waals surface area contributed by atoms with Gasteiger partial charge in [0.1, 0.15) is 11.6 Å². The van der Waals surface area contributed by atoms with Crippen LogP contribution in [0.3, 0.4) is 0 Å². The van der Waals surface area contributed by atoms with E-state index in [1.165, 1.54) is 0 Å². The van der Waals surface area contributed by atoms with E-state index < -0.39 is 0 Å². The van der Waals surface area contributed by atoms with Crippen LogP contribution in [0.5, 0.6) is 5.75 Å². The van der Waals surface area contributed by atoms with Gasteiger partial charge >= 0.3 is 0 Å². The van der Waals surface area contributed by atoms with Crippen LogP contribution in [0.25, 0.3) is 16.7 Å². The molecular formula is C22H22N6O2. The quantitative estimate of drug-likeness (QED) is 0.565. The molecule has 8 nitrogen and oxygen atoms in total. The van der Waals surface area contributed by atoms with Crippen molar-refractivity contribution in [1.82, 2.24) is 29.9 Å². The number of methoxy groups -OCH3 is 1. The number of amides is 1. The Bertz CT molecular complexity index is 1190. The van der Waals surface area contributed by atoms with Crippen molar-refractivity contribution in [2.45, 2.75) is 25.8 Å². The van der Waals surface area contributed by atoms with Gasteiger partial charge in [-0.15, -0.1) is 5.10 Å². The molecule has 1 unspecified atom stereocenters. The molecule has 0 aliphatic carbocycles. The zero-order chi connectivity index (χ0) is 20.7. The summed E-state index contributed by atoms with van der Waals surface area (Å²) in [6.07, 6.45) is 1.80. The molecule has 1 atom stereocenters. The molecule has 152 valence electrons. The van der Waals surface area contributed by atoms with Crippen LogP contribution in [0.2, 0.25) is 0 Å². The Labute approximate surface area is 173 Å². The van der Waals surface area contributed by atoms with Gasteiger partial charge in [-0.2, -0.15) is 0 Å². The fourth-order valence-electron chi connectivity index (χ4n) is 4.07. The molecule has 2 aromatic carbocycles. The first kappa shape index (κ1) is 18.4. The SMILES string of the molecule is COc1cccc(-n2nnc(C(=O)N3CCCC3c3nc4ccccc4[nH]3)c2C)c1. The molecule has 30 heavy (non-hydrogen) atoms. The van der Waals surface area contributed by atoms with Gasteiger partial charge in [-0.25, -0.2) is 9.67 Å². The molecule has 1 amide bonds. The van der Waals surface area contributed by atoms with Gasteiger partial charge in [0.05, 0.1) is 35.6 Å². The number of carbonyl (C=O) groups is 1. The van der Waals surface area contributed by atoms with Crippen LogP contribution in [0.1, 0.15) is 40.9 Å². The van der Waals surface area contributed by atoms with Crippen LogP contribution in [0.4, 0.5) is 0 Å². The number of aromatic amines is 1. The number of nitrogens with one attached hydrogen (secondary N) is 1. The predicted octanol–water partition coefficient (Wildman–Crippen LogP) is 3.44. The van der Waals surface area contributed by atoms with E-state index in [2.05, 4.69) is 15.3 Å². The minimum Gasteiger partial charge on any atom is -0.497 e. The second-order valence-electron chi connectivity index (χ2n) is 7.43. The van der Waals surface area contributed by atoms with Crippen molar-refractivity contribution in [2.75, 3.05) is 13.7 Å². The fraction of sp³-hybridized carbons (Fsp3) is 0.273. The molecule has 3 heterocycles. The van der Waals surface area contributed by atoms with Crippen LogP contribution in [0, 0.1) is 6.92 Å². The van der Waals surface area contributed by atoms with Crippen LogP contribution in [-0.4, -0.2) is 49.4 Å². The maximum absolute atomic E-state index is 13.4. The lowest BCUT2D eigenvalue weighted by Gasteiger charge is -2.22. The molecule has 8 heteroatoms. The van der Waals surface area contributed by atoms with Gasteiger partial charge in [0, 0.05) is 12.6 Å². The molecule has 0 saturated carbocycles. The summed E-state index contributed by atoms with van der Waals surface area (Å²) in [4.78, 5) is 23.3. The summed E-state index contributed by atoms with van der Waals surface area (Å²) in [6, 6.07) is 15.3. The highest BCUT2D eigenvalue weighted by Crippen LogP contribution is 2.33. The Kier molecular flexibility index (Phi) is 4.46. The lowest BCUT2D eigenvalue weighted by molar-refractivity contribution is 0.0723. The topological polar surface area (TPSA) is 88.9 Å².